The molecule has 0 aliphatic heterocycles. The zero-order chi connectivity index (χ0) is 16.8. The molecule has 3 aromatic rings. The van der Waals surface area contributed by atoms with E-state index in [9.17, 15) is 9.59 Å². The molecular formula is C17H16N4O3. The number of amides is 2. The first-order valence-electron chi connectivity index (χ1n) is 7.40. The molecule has 1 aromatic carbocycles. The number of benzene rings is 1. The highest BCUT2D eigenvalue weighted by molar-refractivity contribution is 5.96. The molecule has 0 saturated carbocycles. The topological polar surface area (TPSA) is 89.2 Å². The van der Waals surface area contributed by atoms with E-state index in [1.165, 1.54) is 12.5 Å². The van der Waals surface area contributed by atoms with Crippen LogP contribution in [0.2, 0.25) is 0 Å². The van der Waals surface area contributed by atoms with Crippen molar-refractivity contribution < 1.29 is 14.0 Å². The van der Waals surface area contributed by atoms with Crippen LogP contribution in [0.1, 0.15) is 16.1 Å². The van der Waals surface area contributed by atoms with Crippen LogP contribution in [0, 0.1) is 0 Å². The number of furan rings is 1. The summed E-state index contributed by atoms with van der Waals surface area (Å²) in [5.74, 6) is -0.000607. The Hall–Kier alpha value is -3.35. The lowest BCUT2D eigenvalue weighted by molar-refractivity contribution is -0.120. The van der Waals surface area contributed by atoms with Gasteiger partial charge in [-0.1, -0.05) is 18.2 Å². The van der Waals surface area contributed by atoms with E-state index in [4.69, 9.17) is 4.42 Å². The molecule has 0 saturated heterocycles. The predicted molar refractivity (Wildman–Crippen MR) is 86.5 cm³/mol. The monoisotopic (exact) mass is 324 g/mol. The van der Waals surface area contributed by atoms with Gasteiger partial charge in [0.1, 0.15) is 5.76 Å². The molecule has 2 heterocycles. The zero-order valence-corrected chi connectivity index (χ0v) is 12.8. The Morgan fingerprint density at radius 2 is 1.92 bits per heavy atom. The highest BCUT2D eigenvalue weighted by Crippen LogP contribution is 2.07. The molecule has 122 valence electrons. The molecule has 0 atom stereocenters. The summed E-state index contributed by atoms with van der Waals surface area (Å²) in [4.78, 5) is 23.8. The zero-order valence-electron chi connectivity index (χ0n) is 12.8. The largest absolute Gasteiger partial charge is 0.467 e. The van der Waals surface area contributed by atoms with Gasteiger partial charge < -0.3 is 15.1 Å². The van der Waals surface area contributed by atoms with Crippen LogP contribution in [0.4, 0.5) is 0 Å². The number of carbonyl (C=O) groups is 2. The van der Waals surface area contributed by atoms with E-state index in [1.54, 1.807) is 23.0 Å². The minimum atomic E-state index is -0.356. The van der Waals surface area contributed by atoms with E-state index in [0.29, 0.717) is 11.3 Å². The maximum atomic E-state index is 12.1. The normalized spacial score (nSPS) is 10.3. The molecule has 3 rings (SSSR count). The van der Waals surface area contributed by atoms with Gasteiger partial charge in [-0.25, -0.2) is 4.68 Å². The molecule has 24 heavy (non-hydrogen) atoms. The maximum absolute atomic E-state index is 12.1. The summed E-state index contributed by atoms with van der Waals surface area (Å²) >= 11 is 0. The Morgan fingerprint density at radius 3 is 2.67 bits per heavy atom. The summed E-state index contributed by atoms with van der Waals surface area (Å²) in [6.45, 7) is 0.170. The van der Waals surface area contributed by atoms with Gasteiger partial charge in [0, 0.05) is 6.20 Å². The number of aromatic nitrogens is 2. The minimum Gasteiger partial charge on any atom is -0.467 e. The third kappa shape index (κ3) is 3.89. The Kier molecular flexibility index (Phi) is 4.71. The van der Waals surface area contributed by atoms with Crippen LogP contribution in [0.5, 0.6) is 0 Å². The highest BCUT2D eigenvalue weighted by Gasteiger charge is 2.11. The van der Waals surface area contributed by atoms with Crippen molar-refractivity contribution in [2.75, 3.05) is 6.54 Å². The van der Waals surface area contributed by atoms with Crippen molar-refractivity contribution in [1.29, 1.82) is 0 Å². The lowest BCUT2D eigenvalue weighted by Crippen LogP contribution is -2.36. The van der Waals surface area contributed by atoms with E-state index in [-0.39, 0.29) is 24.9 Å². The SMILES string of the molecule is O=C(CNC(=O)c1cnn(-c2ccccc2)c1)NCc1ccco1. The van der Waals surface area contributed by atoms with Gasteiger partial charge in [-0.15, -0.1) is 0 Å². The van der Waals surface area contributed by atoms with Crippen LogP contribution in [0.25, 0.3) is 5.69 Å². The van der Waals surface area contributed by atoms with Crippen LogP contribution in [0.3, 0.4) is 0 Å². The van der Waals surface area contributed by atoms with E-state index < -0.39 is 0 Å². The Balaban J connectivity index is 1.50. The van der Waals surface area contributed by atoms with Gasteiger partial charge in [0.05, 0.1) is 36.8 Å². The van der Waals surface area contributed by atoms with Crippen molar-refractivity contribution in [2.24, 2.45) is 0 Å². The molecular weight excluding hydrogens is 308 g/mol. The first kappa shape index (κ1) is 15.5. The molecule has 7 heteroatoms. The molecule has 0 radical (unpaired) electrons. The highest BCUT2D eigenvalue weighted by atomic mass is 16.3. The standard InChI is InChI=1S/C17H16N4O3/c22-16(18-10-15-7-4-8-24-15)11-19-17(23)13-9-20-21(12-13)14-5-2-1-3-6-14/h1-9,12H,10-11H2,(H,18,22)(H,19,23). The van der Waals surface area contributed by atoms with Crippen LogP contribution in [-0.2, 0) is 11.3 Å². The summed E-state index contributed by atoms with van der Waals surface area (Å²) in [5.41, 5.74) is 1.24. The summed E-state index contributed by atoms with van der Waals surface area (Å²) in [6.07, 6.45) is 4.61. The lowest BCUT2D eigenvalue weighted by atomic mass is 10.3. The van der Waals surface area contributed by atoms with Gasteiger partial charge in [-0.3, -0.25) is 9.59 Å². The second-order valence-corrected chi connectivity index (χ2v) is 5.05. The maximum Gasteiger partial charge on any atom is 0.254 e. The van der Waals surface area contributed by atoms with Gasteiger partial charge in [0.25, 0.3) is 5.91 Å². The second-order valence-electron chi connectivity index (χ2n) is 5.05. The molecule has 2 N–H and O–H groups in total. The lowest BCUT2D eigenvalue weighted by Gasteiger charge is -2.04. The molecule has 2 aromatic heterocycles. The summed E-state index contributed by atoms with van der Waals surface area (Å²) < 4.78 is 6.71. The first-order chi connectivity index (χ1) is 11.7. The average molecular weight is 324 g/mol. The number of hydrogen-bond acceptors (Lipinski definition) is 4. The fraction of sp³-hybridized carbons (Fsp3) is 0.118. The third-order valence-corrected chi connectivity index (χ3v) is 3.31. The van der Waals surface area contributed by atoms with Gasteiger partial charge in [0.2, 0.25) is 5.91 Å². The fourth-order valence-electron chi connectivity index (χ4n) is 2.09. The number of carbonyl (C=O) groups excluding carboxylic acids is 2. The molecule has 2 amide bonds. The third-order valence-electron chi connectivity index (χ3n) is 3.31. The quantitative estimate of drug-likeness (QED) is 0.719. The van der Waals surface area contributed by atoms with Crippen molar-refractivity contribution >= 4 is 11.8 Å². The number of para-hydroxylation sites is 1. The number of nitrogens with zero attached hydrogens (tertiary/aromatic N) is 2. The van der Waals surface area contributed by atoms with Crippen molar-refractivity contribution in [3.8, 4) is 5.69 Å². The van der Waals surface area contributed by atoms with Crippen molar-refractivity contribution in [1.82, 2.24) is 20.4 Å². The average Bonchev–Trinajstić information content (AvgIpc) is 3.30. The Morgan fingerprint density at radius 1 is 1.08 bits per heavy atom. The van der Waals surface area contributed by atoms with Crippen molar-refractivity contribution in [2.45, 2.75) is 6.54 Å². The van der Waals surface area contributed by atoms with Crippen molar-refractivity contribution in [3.05, 3.63) is 72.4 Å². The van der Waals surface area contributed by atoms with Gasteiger partial charge in [-0.05, 0) is 24.3 Å². The molecule has 0 unspecified atom stereocenters. The van der Waals surface area contributed by atoms with Crippen molar-refractivity contribution in [3.63, 3.8) is 0 Å². The van der Waals surface area contributed by atoms with Crippen LogP contribution >= 0.6 is 0 Å². The van der Waals surface area contributed by atoms with Gasteiger partial charge in [-0.2, -0.15) is 5.10 Å². The smallest absolute Gasteiger partial charge is 0.254 e. The second kappa shape index (κ2) is 7.28. The predicted octanol–water partition coefficient (Wildman–Crippen LogP) is 1.51. The van der Waals surface area contributed by atoms with Crippen LogP contribution in [-0.4, -0.2) is 28.1 Å². The summed E-state index contributed by atoms with van der Waals surface area (Å²) in [5, 5.41) is 9.36. The summed E-state index contributed by atoms with van der Waals surface area (Å²) in [7, 11) is 0. The molecule has 0 aliphatic carbocycles. The van der Waals surface area contributed by atoms with Gasteiger partial charge in [0.15, 0.2) is 0 Å². The number of nitrogens with one attached hydrogen (secondary N) is 2. The summed E-state index contributed by atoms with van der Waals surface area (Å²) in [6, 6.07) is 13.0. The molecule has 7 nitrogen and oxygen atoms in total. The van der Waals surface area contributed by atoms with E-state index in [2.05, 4.69) is 15.7 Å². The molecule has 0 fully saturated rings. The van der Waals surface area contributed by atoms with E-state index in [0.717, 1.165) is 5.69 Å². The Bertz CT molecular complexity index is 810. The van der Waals surface area contributed by atoms with Gasteiger partial charge >= 0.3 is 0 Å². The van der Waals surface area contributed by atoms with E-state index >= 15 is 0 Å². The molecule has 0 aliphatic rings. The molecule has 0 bridgehead atoms. The van der Waals surface area contributed by atoms with Crippen LogP contribution < -0.4 is 10.6 Å². The Labute approximate surface area is 138 Å². The minimum absolute atomic E-state index is 0.115. The first-order valence-corrected chi connectivity index (χ1v) is 7.40. The number of hydrogen-bond donors (Lipinski definition) is 2. The number of rotatable bonds is 6. The fourth-order valence-corrected chi connectivity index (χ4v) is 2.09. The van der Waals surface area contributed by atoms with E-state index in [1.807, 2.05) is 30.3 Å². The molecule has 0 spiro atoms. The van der Waals surface area contributed by atoms with Crippen LogP contribution in [0.15, 0.2) is 65.5 Å².